The lowest BCUT2D eigenvalue weighted by molar-refractivity contribution is -0.133. The summed E-state index contributed by atoms with van der Waals surface area (Å²) < 4.78 is 27.5. The molecule has 0 aromatic heterocycles. The zero-order valence-corrected chi connectivity index (χ0v) is 18.9. The second-order valence-electron chi connectivity index (χ2n) is 8.21. The Morgan fingerprint density at radius 1 is 1.35 bits per heavy atom. The van der Waals surface area contributed by atoms with E-state index in [1.165, 1.54) is 6.92 Å². The molecule has 1 aliphatic heterocycles. The average Bonchev–Trinajstić information content (AvgIpc) is 2.66. The number of unbranched alkanes of at least 4 members (excludes halogenated alkanes) is 1. The van der Waals surface area contributed by atoms with Gasteiger partial charge in [-0.25, -0.2) is 17.9 Å². The Bertz CT molecular complexity index is 815. The van der Waals surface area contributed by atoms with Gasteiger partial charge in [-0.15, -0.1) is 0 Å². The first kappa shape index (κ1) is 25.1. The molecule has 11 nitrogen and oxygen atoms in total. The van der Waals surface area contributed by atoms with Gasteiger partial charge in [-0.1, -0.05) is 19.4 Å². The Hall–Kier alpha value is -2.18. The van der Waals surface area contributed by atoms with E-state index in [2.05, 4.69) is 15.4 Å². The summed E-state index contributed by atoms with van der Waals surface area (Å²) in [4.78, 5) is 25.6. The quantitative estimate of drug-likeness (QED) is 0.194. The first-order chi connectivity index (χ1) is 14.5. The van der Waals surface area contributed by atoms with Crippen molar-refractivity contribution < 1.29 is 23.1 Å². The number of nitrogens with one attached hydrogen (secondary N) is 4. The zero-order chi connectivity index (χ0) is 23.2. The number of carbonyl (C=O) groups excluding carboxylic acids is 1. The average molecular weight is 459 g/mol. The number of nitrogens with zero attached hydrogens (tertiary/aromatic N) is 1. The summed E-state index contributed by atoms with van der Waals surface area (Å²) in [6.07, 6.45) is 4.50. The van der Waals surface area contributed by atoms with E-state index in [0.29, 0.717) is 25.9 Å². The maximum Gasteiger partial charge on any atom is 0.331 e. The van der Waals surface area contributed by atoms with Crippen molar-refractivity contribution in [3.8, 4) is 0 Å². The van der Waals surface area contributed by atoms with E-state index in [4.69, 9.17) is 11.1 Å². The van der Waals surface area contributed by atoms with Crippen molar-refractivity contribution in [2.75, 3.05) is 18.8 Å². The first-order valence-electron chi connectivity index (χ1n) is 10.6. The monoisotopic (exact) mass is 458 g/mol. The number of piperidine rings is 1. The number of likely N-dealkylation sites (tertiary alicyclic amines) is 1. The second-order valence-corrected chi connectivity index (χ2v) is 10.1. The summed E-state index contributed by atoms with van der Waals surface area (Å²) in [5.74, 6) is -1.60. The molecule has 0 saturated carbocycles. The highest BCUT2D eigenvalue weighted by Gasteiger charge is 2.40. The number of guanidine groups is 1. The molecule has 1 fully saturated rings. The van der Waals surface area contributed by atoms with Gasteiger partial charge in [-0.05, 0) is 25.8 Å². The van der Waals surface area contributed by atoms with Gasteiger partial charge < -0.3 is 21.5 Å². The number of hydrogen-bond acceptors (Lipinski definition) is 6. The van der Waals surface area contributed by atoms with Gasteiger partial charge in [-0.2, -0.15) is 0 Å². The van der Waals surface area contributed by atoms with E-state index in [0.717, 1.165) is 12.8 Å². The minimum atomic E-state index is -3.39. The SMILES string of the molecule is CCCCS(=O)(=O)N[C@H]1CCCN([C@@H]2C=C(C(=O)O)C[C@H](NC(=N)N)[C@H]2NC(C)=O)C1. The molecule has 4 atom stereocenters. The number of amides is 1. The van der Waals surface area contributed by atoms with E-state index in [9.17, 15) is 23.1 Å². The standard InChI is InChI=1S/C19H34N6O5S/c1-3-4-8-31(29,30)24-14-6-5-7-25(11-14)16-10-13(18(27)28)9-15(23-19(20)21)17(16)22-12(2)26/h10,14-17,24H,3-9,11H2,1-2H3,(H,22,26)(H,27,28)(H4,20,21,23)/t14-,15-,16+,17+/m0/s1. The number of rotatable bonds is 9. The molecule has 0 aromatic carbocycles. The largest absolute Gasteiger partial charge is 0.478 e. The molecule has 0 aromatic rings. The van der Waals surface area contributed by atoms with Crippen LogP contribution in [-0.4, -0.2) is 79.3 Å². The topological polar surface area (TPSA) is 178 Å². The van der Waals surface area contributed by atoms with Crippen molar-refractivity contribution in [3.63, 3.8) is 0 Å². The Kier molecular flexibility index (Phi) is 8.83. The lowest BCUT2D eigenvalue weighted by Crippen LogP contribution is -2.65. The van der Waals surface area contributed by atoms with Crippen LogP contribution in [0.4, 0.5) is 0 Å². The van der Waals surface area contributed by atoms with E-state index in [-0.39, 0.29) is 35.7 Å². The highest BCUT2D eigenvalue weighted by molar-refractivity contribution is 7.89. The van der Waals surface area contributed by atoms with Crippen molar-refractivity contribution in [2.24, 2.45) is 5.73 Å². The van der Waals surface area contributed by atoms with E-state index >= 15 is 0 Å². The highest BCUT2D eigenvalue weighted by Crippen LogP contribution is 2.26. The predicted molar refractivity (Wildman–Crippen MR) is 117 cm³/mol. The lowest BCUT2D eigenvalue weighted by Gasteiger charge is -2.45. The van der Waals surface area contributed by atoms with Gasteiger partial charge in [0.2, 0.25) is 15.9 Å². The number of carboxylic acids is 1. The van der Waals surface area contributed by atoms with E-state index in [1.54, 1.807) is 6.08 Å². The maximum absolute atomic E-state index is 12.3. The third kappa shape index (κ3) is 7.47. The van der Waals surface area contributed by atoms with Crippen LogP contribution in [-0.2, 0) is 19.6 Å². The molecule has 0 unspecified atom stereocenters. The number of nitrogens with two attached hydrogens (primary N) is 1. The fourth-order valence-electron chi connectivity index (χ4n) is 4.25. The lowest BCUT2D eigenvalue weighted by atomic mass is 9.84. The third-order valence-corrected chi connectivity index (χ3v) is 7.10. The van der Waals surface area contributed by atoms with Crippen molar-refractivity contribution in [1.82, 2.24) is 20.3 Å². The number of sulfonamides is 1. The van der Waals surface area contributed by atoms with Crippen LogP contribution < -0.4 is 21.1 Å². The molecule has 1 heterocycles. The Morgan fingerprint density at radius 2 is 2.06 bits per heavy atom. The van der Waals surface area contributed by atoms with Crippen molar-refractivity contribution >= 4 is 27.9 Å². The molecule has 7 N–H and O–H groups in total. The summed E-state index contributed by atoms with van der Waals surface area (Å²) in [7, 11) is -3.39. The van der Waals surface area contributed by atoms with Gasteiger partial charge >= 0.3 is 5.97 Å². The Labute approximate surface area is 183 Å². The third-order valence-electron chi connectivity index (χ3n) is 5.59. The smallest absolute Gasteiger partial charge is 0.331 e. The molecule has 0 bridgehead atoms. The summed E-state index contributed by atoms with van der Waals surface area (Å²) in [5, 5.41) is 22.8. The fourth-order valence-corrected chi connectivity index (χ4v) is 5.74. The summed E-state index contributed by atoms with van der Waals surface area (Å²) in [6.45, 7) is 4.33. The van der Waals surface area contributed by atoms with Crippen LogP contribution in [0.5, 0.6) is 0 Å². The van der Waals surface area contributed by atoms with Crippen molar-refractivity contribution in [1.29, 1.82) is 5.41 Å². The van der Waals surface area contributed by atoms with Crippen LogP contribution in [0.2, 0.25) is 0 Å². The molecular formula is C19H34N6O5S. The van der Waals surface area contributed by atoms with Crippen LogP contribution in [0.15, 0.2) is 11.6 Å². The molecule has 31 heavy (non-hydrogen) atoms. The molecular weight excluding hydrogens is 424 g/mol. The highest BCUT2D eigenvalue weighted by atomic mass is 32.2. The molecule has 0 radical (unpaired) electrons. The van der Waals surface area contributed by atoms with Gasteiger partial charge in [0.05, 0.1) is 23.9 Å². The van der Waals surface area contributed by atoms with Crippen LogP contribution in [0.3, 0.4) is 0 Å². The molecule has 2 rings (SSSR count). The Morgan fingerprint density at radius 3 is 2.65 bits per heavy atom. The van der Waals surface area contributed by atoms with Crippen molar-refractivity contribution in [2.45, 2.75) is 70.1 Å². The second kappa shape index (κ2) is 10.9. The number of carbonyl (C=O) groups is 2. The van der Waals surface area contributed by atoms with Gasteiger partial charge in [-0.3, -0.25) is 15.1 Å². The fraction of sp³-hybridized carbons (Fsp3) is 0.737. The maximum atomic E-state index is 12.3. The van der Waals surface area contributed by atoms with Crippen molar-refractivity contribution in [3.05, 3.63) is 11.6 Å². The van der Waals surface area contributed by atoms with Crippen LogP contribution in [0.25, 0.3) is 0 Å². The molecule has 12 heteroatoms. The molecule has 2 aliphatic rings. The van der Waals surface area contributed by atoms with Crippen LogP contribution >= 0.6 is 0 Å². The number of hydrogen-bond donors (Lipinski definition) is 6. The molecule has 176 valence electrons. The van der Waals surface area contributed by atoms with Crippen LogP contribution in [0.1, 0.15) is 46.0 Å². The van der Waals surface area contributed by atoms with Gasteiger partial charge in [0, 0.05) is 31.5 Å². The van der Waals surface area contributed by atoms with Gasteiger partial charge in [0.25, 0.3) is 0 Å². The zero-order valence-electron chi connectivity index (χ0n) is 18.1. The van der Waals surface area contributed by atoms with Gasteiger partial charge in [0.15, 0.2) is 5.96 Å². The van der Waals surface area contributed by atoms with Crippen LogP contribution in [0, 0.1) is 5.41 Å². The molecule has 1 aliphatic carbocycles. The minimum Gasteiger partial charge on any atom is -0.478 e. The summed E-state index contributed by atoms with van der Waals surface area (Å²) >= 11 is 0. The summed E-state index contributed by atoms with van der Waals surface area (Å²) in [5.41, 5.74) is 5.66. The molecule has 1 saturated heterocycles. The van der Waals surface area contributed by atoms with Gasteiger partial charge in [0.1, 0.15) is 0 Å². The normalized spacial score (nSPS) is 27.2. The Balaban J connectivity index is 2.27. The van der Waals surface area contributed by atoms with E-state index < -0.39 is 34.1 Å². The molecule has 1 amide bonds. The predicted octanol–water partition coefficient (Wildman–Crippen LogP) is -0.690. The first-order valence-corrected chi connectivity index (χ1v) is 12.2. The number of aliphatic carboxylic acids is 1. The van der Waals surface area contributed by atoms with E-state index in [1.807, 2.05) is 11.8 Å². The summed E-state index contributed by atoms with van der Waals surface area (Å²) in [6, 6.07) is -1.89. The minimum absolute atomic E-state index is 0.0750. The molecule has 0 spiro atoms. The number of carboxylic acid groups (broad SMARTS) is 1.